The average molecular weight is 1260 g/mol. The van der Waals surface area contributed by atoms with Gasteiger partial charge in [-0.15, -0.1) is 12.8 Å². The number of aliphatic hydroxyl groups is 4. The van der Waals surface area contributed by atoms with Crippen molar-refractivity contribution >= 4 is 59.7 Å². The van der Waals surface area contributed by atoms with E-state index in [0.29, 0.717) is 59.8 Å². The predicted octanol–water partition coefficient (Wildman–Crippen LogP) is 6.54. The van der Waals surface area contributed by atoms with Crippen molar-refractivity contribution in [1.82, 2.24) is 0 Å². The zero-order chi connectivity index (χ0) is 65.1. The highest BCUT2D eigenvalue weighted by molar-refractivity contribution is 5.92. The largest absolute Gasteiger partial charge is 0.481 e. The Bertz CT molecular complexity index is 2810. The Morgan fingerprint density at radius 2 is 0.833 bits per heavy atom. The van der Waals surface area contributed by atoms with Crippen molar-refractivity contribution in [2.75, 3.05) is 39.6 Å². The van der Waals surface area contributed by atoms with Crippen LogP contribution in [0.25, 0.3) is 0 Å². The molecule has 492 valence electrons. The molecule has 23 heteroatoms. The molecule has 0 spiro atoms. The van der Waals surface area contributed by atoms with Crippen LogP contribution in [-0.2, 0) is 84.5 Å². The van der Waals surface area contributed by atoms with Crippen LogP contribution in [0.5, 0.6) is 11.5 Å². The summed E-state index contributed by atoms with van der Waals surface area (Å²) >= 11 is 0. The van der Waals surface area contributed by atoms with E-state index in [1.54, 1.807) is 0 Å². The van der Waals surface area contributed by atoms with Crippen molar-refractivity contribution in [1.29, 1.82) is 0 Å². The highest BCUT2D eigenvalue weighted by Gasteiger charge is 2.62. The van der Waals surface area contributed by atoms with Gasteiger partial charge in [0.2, 0.25) is 0 Å². The number of hydrogen-bond donors (Lipinski definition) is 6. The van der Waals surface area contributed by atoms with E-state index < -0.39 is 70.9 Å². The molecule has 0 radical (unpaired) electrons. The maximum atomic E-state index is 12.6. The fraction of sp³-hybridized carbons (Fsp3) is 0.612. The lowest BCUT2D eigenvalue weighted by Gasteiger charge is -2.52. The van der Waals surface area contributed by atoms with Gasteiger partial charge in [0.15, 0.2) is 0 Å². The van der Waals surface area contributed by atoms with Crippen LogP contribution < -0.4 is 9.47 Å². The molecule has 6 aliphatic carbocycles. The summed E-state index contributed by atoms with van der Waals surface area (Å²) in [5.41, 5.74) is 2.34. The smallest absolute Gasteiger partial charge is 0.314 e. The van der Waals surface area contributed by atoms with Gasteiger partial charge in [-0.05, 0) is 159 Å². The molecule has 90 heavy (non-hydrogen) atoms. The van der Waals surface area contributed by atoms with Crippen molar-refractivity contribution in [3.05, 3.63) is 58.7 Å². The highest BCUT2D eigenvalue weighted by Crippen LogP contribution is 2.65. The predicted molar refractivity (Wildman–Crippen MR) is 318 cm³/mol. The van der Waals surface area contributed by atoms with Gasteiger partial charge in [-0.1, -0.05) is 45.2 Å². The molecule has 9 rings (SSSR count). The number of aliphatic carboxylic acids is 2. The summed E-state index contributed by atoms with van der Waals surface area (Å²) in [6.07, 6.45) is 20.9. The van der Waals surface area contributed by atoms with Crippen LogP contribution in [0.3, 0.4) is 0 Å². The Kier molecular flexibility index (Phi) is 27.1. The quantitative estimate of drug-likeness (QED) is 0.0193. The number of carboxylic acids is 2. The number of cyclic esters (lactones) is 2. The number of hydrogen-bond acceptors (Lipinski definition) is 21. The molecule has 1 aliphatic heterocycles. The fourth-order valence-electron chi connectivity index (χ4n) is 14.3. The number of carbonyl (C=O) groups is 10. The summed E-state index contributed by atoms with van der Waals surface area (Å²) in [5.74, 6) is 2.12. The Morgan fingerprint density at radius 1 is 0.500 bits per heavy atom. The minimum absolute atomic E-state index is 0. The second-order valence-corrected chi connectivity index (χ2v) is 24.0. The molecule has 6 N–H and O–H groups in total. The molecule has 10 atom stereocenters. The van der Waals surface area contributed by atoms with E-state index >= 15 is 0 Å². The lowest BCUT2D eigenvalue weighted by atomic mass is 9.53. The molecule has 0 bridgehead atoms. The first-order valence-corrected chi connectivity index (χ1v) is 30.4. The van der Waals surface area contributed by atoms with E-state index in [1.165, 1.54) is 22.3 Å². The first kappa shape index (κ1) is 73.0. The van der Waals surface area contributed by atoms with Gasteiger partial charge < -0.3 is 63.8 Å². The zero-order valence-corrected chi connectivity index (χ0v) is 50.5. The van der Waals surface area contributed by atoms with Gasteiger partial charge in [0, 0.05) is 10.8 Å². The van der Waals surface area contributed by atoms with E-state index in [1.807, 2.05) is 24.3 Å². The fourth-order valence-corrected chi connectivity index (χ4v) is 14.3. The van der Waals surface area contributed by atoms with Crippen LogP contribution in [0.2, 0.25) is 0 Å². The molecule has 23 nitrogen and oxygen atoms in total. The molecule has 2 aromatic carbocycles. The lowest BCUT2D eigenvalue weighted by molar-refractivity contribution is -0.154. The van der Waals surface area contributed by atoms with Gasteiger partial charge in [-0.25, -0.2) is 0 Å². The Hall–Kier alpha value is -7.70. The summed E-state index contributed by atoms with van der Waals surface area (Å²) in [7, 11) is 0. The Morgan fingerprint density at radius 3 is 1.13 bits per heavy atom. The zero-order valence-electron chi connectivity index (χ0n) is 50.5. The monoisotopic (exact) mass is 1260 g/mol. The van der Waals surface area contributed by atoms with Crippen LogP contribution in [-0.4, -0.2) is 141 Å². The molecule has 4 saturated carbocycles. The van der Waals surface area contributed by atoms with Crippen molar-refractivity contribution in [2.45, 2.75) is 186 Å². The Labute approximate surface area is 524 Å². The topological polar surface area (TPSA) is 357 Å². The molecule has 0 amide bonds. The number of aryl methyl sites for hydroxylation is 2. The van der Waals surface area contributed by atoms with E-state index in [2.05, 4.69) is 52.0 Å². The molecule has 5 fully saturated rings. The van der Waals surface area contributed by atoms with Gasteiger partial charge in [0.05, 0.1) is 77.4 Å². The Balaban J connectivity index is 0.000000406. The van der Waals surface area contributed by atoms with Crippen LogP contribution >= 0.6 is 0 Å². The minimum atomic E-state index is -1.10. The standard InChI is InChI=1S/C50H58O10.C10H14O8.C4H4O3.C2H6O2.CH4/c1-5-49(55)25-21-41-39-11-7-31-29-33(9-13-35(31)37(39)19-23-47(41,49)3)59-45(53)17-15-43(51)57-27-28-58-44(52)16-18-46(54)60-34-10-14-36-32(30-34)8-12-40-38(36)20-24-48(4)42(40)22-26-50(48,56)6-2;11-7(12)1-3-9(15)17-5-6-18-10(16)4-2-8(13)14;5-3-1-2-4(6)7-3;3-1-2-4;/h1-2,9-10,13-14,29-30,37-42,55-56H,7-8,11-12,15-28H2,3-4H3;1-6H2,(H,11,12)(H,13,14);1-2H2;3-4H,1-2H2;1H4/t37?,38?,39?,40?,41?,42?,47-,48-,49-,50-;;;;/m0..../s1. The third kappa shape index (κ3) is 18.7. The summed E-state index contributed by atoms with van der Waals surface area (Å²) in [5, 5.41) is 54.2. The first-order chi connectivity index (χ1) is 42.3. The van der Waals surface area contributed by atoms with Crippen LogP contribution in [0.1, 0.15) is 184 Å². The third-order valence-corrected chi connectivity index (χ3v) is 18.9. The maximum Gasteiger partial charge on any atom is 0.314 e. The number of fused-ring (bicyclic) bond motifs is 10. The van der Waals surface area contributed by atoms with Gasteiger partial charge in [0.1, 0.15) is 49.1 Å². The average Bonchev–Trinajstić information content (AvgIpc) is 1.51. The third-order valence-electron chi connectivity index (χ3n) is 18.9. The van der Waals surface area contributed by atoms with Gasteiger partial charge >= 0.3 is 59.7 Å². The number of benzene rings is 2. The molecule has 6 unspecified atom stereocenters. The molecule has 1 heterocycles. The normalized spacial score (nSPS) is 26.8. The summed E-state index contributed by atoms with van der Waals surface area (Å²) in [6, 6.07) is 11.6. The molecule has 1 saturated heterocycles. The summed E-state index contributed by atoms with van der Waals surface area (Å²) in [4.78, 5) is 112. The second kappa shape index (κ2) is 33.4. The van der Waals surface area contributed by atoms with Crippen molar-refractivity contribution in [3.8, 4) is 36.2 Å². The molecular weight excluding hydrogens is 1170 g/mol. The molecule has 7 aliphatic rings. The molecule has 0 aromatic heterocycles. The van der Waals surface area contributed by atoms with E-state index in [0.717, 1.165) is 64.2 Å². The van der Waals surface area contributed by atoms with E-state index in [-0.39, 0.29) is 122 Å². The van der Waals surface area contributed by atoms with Crippen LogP contribution in [0.15, 0.2) is 36.4 Å². The van der Waals surface area contributed by atoms with Crippen LogP contribution in [0.4, 0.5) is 0 Å². The van der Waals surface area contributed by atoms with Crippen molar-refractivity contribution < 1.29 is 112 Å². The SMILES string of the molecule is C.C#C[C@]1(O)CCC2C3CCc4cc(OC(=O)CCC(=O)OCCOC(=O)CCC(=O)Oc5ccc6c(c5)CCC5C6CC[C@@]6(C)C5CC[C@@]6(O)C#C)ccc4C3CC[C@@]21C.O=C(O)CCC(=O)OCCOC(=O)CCC(=O)O.O=C1CCC(=O)O1.OCCO. The number of aliphatic hydroxyl groups excluding tert-OH is 2. The summed E-state index contributed by atoms with van der Waals surface area (Å²) in [6.45, 7) is 3.36. The van der Waals surface area contributed by atoms with Crippen molar-refractivity contribution in [3.63, 3.8) is 0 Å². The molecule has 2 aromatic rings. The van der Waals surface area contributed by atoms with Gasteiger partial charge in [-0.2, -0.15) is 0 Å². The number of ether oxygens (including phenoxy) is 7. The van der Waals surface area contributed by atoms with Crippen molar-refractivity contribution in [2.24, 2.45) is 34.5 Å². The van der Waals surface area contributed by atoms with Gasteiger partial charge in [0.25, 0.3) is 0 Å². The van der Waals surface area contributed by atoms with Crippen LogP contribution in [0, 0.1) is 59.2 Å². The number of carbonyl (C=O) groups excluding carboxylic acids is 8. The minimum Gasteiger partial charge on any atom is -0.481 e. The number of terminal acetylenes is 2. The highest BCUT2D eigenvalue weighted by atomic mass is 16.6. The van der Waals surface area contributed by atoms with E-state index in [9.17, 15) is 58.2 Å². The first-order valence-electron chi connectivity index (χ1n) is 30.4. The lowest BCUT2D eigenvalue weighted by Crippen LogP contribution is -2.50. The van der Waals surface area contributed by atoms with Gasteiger partial charge in [-0.3, -0.25) is 47.9 Å². The second-order valence-electron chi connectivity index (χ2n) is 24.0. The number of esters is 8. The maximum absolute atomic E-state index is 12.6. The molecular formula is C67H86O23. The number of rotatable bonds is 21. The van der Waals surface area contributed by atoms with E-state index in [4.69, 9.17) is 52.2 Å². The number of carboxylic acid groups (broad SMARTS) is 2. The summed E-state index contributed by atoms with van der Waals surface area (Å²) < 4.78 is 34.7.